The Hall–Kier alpha value is -0.750. The lowest BCUT2D eigenvalue weighted by Gasteiger charge is -2.08. The highest BCUT2D eigenvalue weighted by atomic mass is 79.9. The molecule has 1 aromatic carbocycles. The molecular formula is C10H11BrO4S. The maximum absolute atomic E-state index is 10.9. The zero-order valence-electron chi connectivity index (χ0n) is 8.44. The van der Waals surface area contributed by atoms with E-state index in [1.165, 1.54) is 0 Å². The number of fused-ring (bicyclic) bond motifs is 1. The van der Waals surface area contributed by atoms with Crippen LogP contribution in [0.3, 0.4) is 0 Å². The van der Waals surface area contributed by atoms with Gasteiger partial charge in [-0.05, 0) is 18.1 Å². The molecule has 0 unspecified atom stereocenters. The first kappa shape index (κ1) is 11.7. The summed E-state index contributed by atoms with van der Waals surface area (Å²) in [4.78, 5) is 0. The van der Waals surface area contributed by atoms with Gasteiger partial charge in [0.2, 0.25) is 6.79 Å². The number of aryl methyl sites for hydroxylation is 1. The monoisotopic (exact) mass is 306 g/mol. The molecule has 0 aliphatic carbocycles. The van der Waals surface area contributed by atoms with Crippen LogP contribution in [0.25, 0.3) is 0 Å². The fraction of sp³-hybridized carbons (Fsp3) is 0.400. The van der Waals surface area contributed by atoms with Gasteiger partial charge in [0.1, 0.15) is 10.7 Å². The zero-order valence-corrected chi connectivity index (χ0v) is 10.9. The summed E-state index contributed by atoms with van der Waals surface area (Å²) in [7, 11) is -2.46. The second-order valence-corrected chi connectivity index (χ2v) is 5.14. The molecule has 1 aliphatic rings. The van der Waals surface area contributed by atoms with E-state index in [1.54, 1.807) is 0 Å². The minimum Gasteiger partial charge on any atom is -0.454 e. The average molecular weight is 307 g/mol. The van der Waals surface area contributed by atoms with Crippen molar-refractivity contribution in [2.75, 3.05) is 12.1 Å². The molecule has 0 saturated heterocycles. The van der Waals surface area contributed by atoms with Gasteiger partial charge in [-0.2, -0.15) is 0 Å². The van der Waals surface area contributed by atoms with Gasteiger partial charge in [-0.15, -0.1) is 0 Å². The van der Waals surface area contributed by atoms with Gasteiger partial charge in [0.25, 0.3) is 0 Å². The Morgan fingerprint density at radius 2 is 2.12 bits per heavy atom. The van der Waals surface area contributed by atoms with Crippen molar-refractivity contribution in [3.8, 4) is 11.5 Å². The molecule has 4 nitrogen and oxygen atoms in total. The standard InChI is InChI=1S/C10H11BrO4S/c11-4-3-7-1-2-9-10(15-6-14-9)8(7)5-16(12)13/h1-2,16H,3-6H2. The summed E-state index contributed by atoms with van der Waals surface area (Å²) < 4.78 is 32.2. The summed E-state index contributed by atoms with van der Waals surface area (Å²) in [5.41, 5.74) is 1.71. The minimum absolute atomic E-state index is 0.00417. The lowest BCUT2D eigenvalue weighted by Crippen LogP contribution is -1.99. The summed E-state index contributed by atoms with van der Waals surface area (Å²) in [5, 5.41) is 0.787. The SMILES string of the molecule is O=[SH](=O)Cc1c(CCBr)ccc2c1OCO2. The van der Waals surface area contributed by atoms with Crippen molar-refractivity contribution >= 4 is 26.6 Å². The van der Waals surface area contributed by atoms with Crippen LogP contribution in [0.1, 0.15) is 11.1 Å². The largest absolute Gasteiger partial charge is 0.454 e. The van der Waals surface area contributed by atoms with Crippen LogP contribution in [0.15, 0.2) is 12.1 Å². The topological polar surface area (TPSA) is 52.6 Å². The Morgan fingerprint density at radius 1 is 1.31 bits per heavy atom. The van der Waals surface area contributed by atoms with E-state index in [4.69, 9.17) is 9.47 Å². The van der Waals surface area contributed by atoms with Crippen molar-refractivity contribution in [1.82, 2.24) is 0 Å². The number of benzene rings is 1. The average Bonchev–Trinajstić information content (AvgIpc) is 2.69. The van der Waals surface area contributed by atoms with Gasteiger partial charge in [-0.1, -0.05) is 22.0 Å². The molecule has 0 spiro atoms. The first-order valence-electron chi connectivity index (χ1n) is 4.80. The van der Waals surface area contributed by atoms with Gasteiger partial charge in [0.15, 0.2) is 11.5 Å². The summed E-state index contributed by atoms with van der Waals surface area (Å²) in [6, 6.07) is 3.71. The van der Waals surface area contributed by atoms with Crippen molar-refractivity contribution in [2.24, 2.45) is 0 Å². The predicted octanol–water partition coefficient (Wildman–Crippen LogP) is 1.46. The van der Waals surface area contributed by atoms with Crippen molar-refractivity contribution in [3.63, 3.8) is 0 Å². The highest BCUT2D eigenvalue weighted by Crippen LogP contribution is 2.38. The minimum atomic E-state index is -2.46. The molecule has 0 amide bonds. The Balaban J connectivity index is 2.46. The molecule has 0 aromatic heterocycles. The molecule has 16 heavy (non-hydrogen) atoms. The molecule has 1 aliphatic heterocycles. The van der Waals surface area contributed by atoms with E-state index in [0.717, 1.165) is 22.9 Å². The van der Waals surface area contributed by atoms with Crippen LogP contribution in [0.4, 0.5) is 0 Å². The molecule has 0 N–H and O–H groups in total. The Morgan fingerprint density at radius 3 is 2.81 bits per heavy atom. The predicted molar refractivity (Wildman–Crippen MR) is 64.1 cm³/mol. The molecule has 1 aromatic rings. The summed E-state index contributed by atoms with van der Waals surface area (Å²) in [5.74, 6) is 1.22. The van der Waals surface area contributed by atoms with E-state index in [0.29, 0.717) is 11.5 Å². The highest BCUT2D eigenvalue weighted by Gasteiger charge is 2.20. The fourth-order valence-electron chi connectivity index (χ4n) is 1.71. The van der Waals surface area contributed by atoms with Gasteiger partial charge < -0.3 is 9.47 Å². The van der Waals surface area contributed by atoms with Crippen molar-refractivity contribution in [1.29, 1.82) is 0 Å². The van der Waals surface area contributed by atoms with Crippen LogP contribution in [0, 0.1) is 0 Å². The number of alkyl halides is 1. The smallest absolute Gasteiger partial charge is 0.231 e. The van der Waals surface area contributed by atoms with Crippen LogP contribution in [0.2, 0.25) is 0 Å². The second-order valence-electron chi connectivity index (χ2n) is 3.37. The lowest BCUT2D eigenvalue weighted by atomic mass is 10.1. The van der Waals surface area contributed by atoms with E-state index in [1.807, 2.05) is 12.1 Å². The summed E-state index contributed by atoms with van der Waals surface area (Å²) in [6.45, 7) is 0.162. The van der Waals surface area contributed by atoms with Crippen LogP contribution in [-0.2, 0) is 22.9 Å². The molecule has 0 atom stereocenters. The van der Waals surface area contributed by atoms with E-state index in [9.17, 15) is 8.42 Å². The van der Waals surface area contributed by atoms with Crippen molar-refractivity contribution in [2.45, 2.75) is 12.2 Å². The zero-order chi connectivity index (χ0) is 11.5. The summed E-state index contributed by atoms with van der Waals surface area (Å²) >= 11 is 3.34. The van der Waals surface area contributed by atoms with Crippen molar-refractivity contribution in [3.05, 3.63) is 23.3 Å². The highest BCUT2D eigenvalue weighted by molar-refractivity contribution is 9.09. The molecule has 88 valence electrons. The Kier molecular flexibility index (Phi) is 3.70. The van der Waals surface area contributed by atoms with Gasteiger partial charge in [0, 0.05) is 10.9 Å². The van der Waals surface area contributed by atoms with Crippen LogP contribution in [-0.4, -0.2) is 20.5 Å². The van der Waals surface area contributed by atoms with Crippen molar-refractivity contribution < 1.29 is 17.9 Å². The first-order chi connectivity index (χ1) is 7.72. The number of thiol groups is 1. The second kappa shape index (κ2) is 5.05. The number of rotatable bonds is 4. The third-order valence-electron chi connectivity index (χ3n) is 2.39. The molecular weight excluding hydrogens is 296 g/mol. The normalized spacial score (nSPS) is 13.4. The number of hydrogen-bond acceptors (Lipinski definition) is 4. The Labute approximate surface area is 104 Å². The third kappa shape index (κ3) is 2.32. The summed E-state index contributed by atoms with van der Waals surface area (Å²) in [6.07, 6.45) is 0.773. The van der Waals surface area contributed by atoms with Crippen LogP contribution < -0.4 is 9.47 Å². The molecule has 2 rings (SSSR count). The van der Waals surface area contributed by atoms with Gasteiger partial charge >= 0.3 is 0 Å². The van der Waals surface area contributed by atoms with Gasteiger partial charge in [-0.25, -0.2) is 8.42 Å². The maximum atomic E-state index is 10.9. The molecule has 0 fully saturated rings. The maximum Gasteiger partial charge on any atom is 0.231 e. The molecule has 6 heteroatoms. The molecule has 0 saturated carbocycles. The number of hydrogen-bond donors (Lipinski definition) is 1. The number of halogens is 1. The first-order valence-corrected chi connectivity index (χ1v) is 7.29. The quantitative estimate of drug-likeness (QED) is 0.676. The van der Waals surface area contributed by atoms with Crippen LogP contribution >= 0.6 is 15.9 Å². The van der Waals surface area contributed by atoms with Crippen LogP contribution in [0.5, 0.6) is 11.5 Å². The molecule has 1 heterocycles. The van der Waals surface area contributed by atoms with E-state index >= 15 is 0 Å². The molecule has 0 bridgehead atoms. The van der Waals surface area contributed by atoms with E-state index in [2.05, 4.69) is 15.9 Å². The third-order valence-corrected chi connectivity index (χ3v) is 3.36. The number of ether oxygens (including phenoxy) is 2. The Bertz CT molecular complexity index is 462. The van der Waals surface area contributed by atoms with Gasteiger partial charge in [0.05, 0.1) is 5.75 Å². The van der Waals surface area contributed by atoms with Gasteiger partial charge in [-0.3, -0.25) is 0 Å². The molecule has 0 radical (unpaired) electrons. The van der Waals surface area contributed by atoms with E-state index in [-0.39, 0.29) is 12.5 Å². The fourth-order valence-corrected chi connectivity index (χ4v) is 2.74. The lowest BCUT2D eigenvalue weighted by molar-refractivity contribution is 0.173. The van der Waals surface area contributed by atoms with E-state index < -0.39 is 10.7 Å².